The highest BCUT2D eigenvalue weighted by Gasteiger charge is 2.30. The highest BCUT2D eigenvalue weighted by molar-refractivity contribution is 4.85. The third-order valence-corrected chi connectivity index (χ3v) is 6.29. The van der Waals surface area contributed by atoms with Crippen LogP contribution < -0.4 is 0 Å². The maximum atomic E-state index is 12.1. The summed E-state index contributed by atoms with van der Waals surface area (Å²) in [5.41, 5.74) is 0. The molecule has 2 aliphatic rings. The number of hydrogen-bond acceptors (Lipinski definition) is 0. The van der Waals surface area contributed by atoms with Crippen molar-refractivity contribution in [3.8, 4) is 0 Å². The van der Waals surface area contributed by atoms with Crippen molar-refractivity contribution in [3.05, 3.63) is 12.2 Å². The van der Waals surface area contributed by atoms with E-state index in [0.717, 1.165) is 30.3 Å². The van der Waals surface area contributed by atoms with Gasteiger partial charge in [-0.3, -0.25) is 0 Å². The zero-order chi connectivity index (χ0) is 15.8. The van der Waals surface area contributed by atoms with Crippen molar-refractivity contribution in [1.82, 2.24) is 0 Å². The fraction of sp³-hybridized carbons (Fsp3) is 0.900. The standard InChI is InChI=1S/C20H34F2/c1-2-3-5-16-8-12-18(13-9-16)19-14-10-17(11-15-19)6-4-7-20(21)22/h7,16-19H,2-6,8-15H2,1H3/t16-,17?,18-,19?. The first kappa shape index (κ1) is 17.9. The molecule has 2 aliphatic carbocycles. The van der Waals surface area contributed by atoms with E-state index in [2.05, 4.69) is 6.92 Å². The lowest BCUT2D eigenvalue weighted by molar-refractivity contribution is 0.140. The molecule has 0 unspecified atom stereocenters. The van der Waals surface area contributed by atoms with Gasteiger partial charge in [0.2, 0.25) is 0 Å². The first-order valence-electron chi connectivity index (χ1n) is 9.70. The van der Waals surface area contributed by atoms with Crippen LogP contribution in [-0.4, -0.2) is 0 Å². The molecule has 0 radical (unpaired) electrons. The van der Waals surface area contributed by atoms with Crippen molar-refractivity contribution in [2.24, 2.45) is 23.7 Å². The van der Waals surface area contributed by atoms with E-state index in [1.807, 2.05) is 0 Å². The fourth-order valence-corrected chi connectivity index (χ4v) is 4.82. The maximum absolute atomic E-state index is 12.1. The Morgan fingerprint density at radius 1 is 0.818 bits per heavy atom. The summed E-state index contributed by atoms with van der Waals surface area (Å²) in [6.07, 6.45) is 16.5. The van der Waals surface area contributed by atoms with E-state index in [0.29, 0.717) is 12.3 Å². The van der Waals surface area contributed by atoms with E-state index in [9.17, 15) is 8.78 Å². The van der Waals surface area contributed by atoms with Crippen LogP contribution in [0.5, 0.6) is 0 Å². The Bertz CT molecular complexity index is 317. The molecule has 0 heterocycles. The van der Waals surface area contributed by atoms with Crippen molar-refractivity contribution < 1.29 is 8.78 Å². The molecule has 2 heteroatoms. The molecule has 0 aliphatic heterocycles. The van der Waals surface area contributed by atoms with Gasteiger partial charge in [0.25, 0.3) is 6.08 Å². The normalized spacial score (nSPS) is 32.7. The second-order valence-corrected chi connectivity index (χ2v) is 7.77. The lowest BCUT2D eigenvalue weighted by Gasteiger charge is -2.38. The number of rotatable bonds is 7. The van der Waals surface area contributed by atoms with Gasteiger partial charge in [-0.1, -0.05) is 51.9 Å². The minimum Gasteiger partial charge on any atom is -0.174 e. The first-order chi connectivity index (χ1) is 10.7. The van der Waals surface area contributed by atoms with Gasteiger partial charge in [-0.2, -0.15) is 8.78 Å². The van der Waals surface area contributed by atoms with Crippen LogP contribution in [0.15, 0.2) is 12.2 Å². The molecule has 0 bridgehead atoms. The molecule has 0 aromatic rings. The predicted octanol–water partition coefficient (Wildman–Crippen LogP) is 7.35. The summed E-state index contributed by atoms with van der Waals surface area (Å²) >= 11 is 0. The van der Waals surface area contributed by atoms with Gasteiger partial charge in [0.05, 0.1) is 0 Å². The van der Waals surface area contributed by atoms with Gasteiger partial charge in [0, 0.05) is 0 Å². The summed E-state index contributed by atoms with van der Waals surface area (Å²) in [6.45, 7) is 2.29. The van der Waals surface area contributed by atoms with E-state index in [1.165, 1.54) is 70.6 Å². The molecule has 2 saturated carbocycles. The van der Waals surface area contributed by atoms with Gasteiger partial charge in [-0.15, -0.1) is 0 Å². The van der Waals surface area contributed by atoms with Crippen LogP contribution in [0, 0.1) is 23.7 Å². The van der Waals surface area contributed by atoms with Crippen LogP contribution in [0.3, 0.4) is 0 Å². The highest BCUT2D eigenvalue weighted by Crippen LogP contribution is 2.43. The molecule has 22 heavy (non-hydrogen) atoms. The summed E-state index contributed by atoms with van der Waals surface area (Å²) in [4.78, 5) is 0. The quantitative estimate of drug-likeness (QED) is 0.461. The molecule has 0 saturated heterocycles. The summed E-state index contributed by atoms with van der Waals surface area (Å²) in [6, 6.07) is 0. The lowest BCUT2D eigenvalue weighted by Crippen LogP contribution is -2.25. The Morgan fingerprint density at radius 2 is 1.32 bits per heavy atom. The van der Waals surface area contributed by atoms with Crippen LogP contribution in [0.25, 0.3) is 0 Å². The lowest BCUT2D eigenvalue weighted by atomic mass is 9.68. The van der Waals surface area contributed by atoms with Crippen molar-refractivity contribution in [2.75, 3.05) is 0 Å². The minimum absolute atomic E-state index is 0.570. The largest absolute Gasteiger partial charge is 0.266 e. The van der Waals surface area contributed by atoms with Gasteiger partial charge >= 0.3 is 0 Å². The third-order valence-electron chi connectivity index (χ3n) is 6.29. The second-order valence-electron chi connectivity index (χ2n) is 7.77. The van der Waals surface area contributed by atoms with Crippen molar-refractivity contribution in [2.45, 2.75) is 90.4 Å². The van der Waals surface area contributed by atoms with Crippen LogP contribution in [0.4, 0.5) is 8.78 Å². The molecule has 0 amide bonds. The Morgan fingerprint density at radius 3 is 1.77 bits per heavy atom. The maximum Gasteiger partial charge on any atom is 0.266 e. The van der Waals surface area contributed by atoms with Gasteiger partial charge in [-0.05, 0) is 68.3 Å². The van der Waals surface area contributed by atoms with Crippen molar-refractivity contribution in [3.63, 3.8) is 0 Å². The van der Waals surface area contributed by atoms with Gasteiger partial charge in [-0.25, -0.2) is 0 Å². The molecule has 128 valence electrons. The summed E-state index contributed by atoms with van der Waals surface area (Å²) in [5, 5.41) is 0. The van der Waals surface area contributed by atoms with Crippen LogP contribution >= 0.6 is 0 Å². The molecule has 0 atom stereocenters. The average molecular weight is 312 g/mol. The predicted molar refractivity (Wildman–Crippen MR) is 90.0 cm³/mol. The summed E-state index contributed by atoms with van der Waals surface area (Å²) < 4.78 is 24.1. The molecule has 0 aromatic heterocycles. The van der Waals surface area contributed by atoms with Gasteiger partial charge < -0.3 is 0 Å². The Kier molecular flexibility index (Phi) is 7.89. The van der Waals surface area contributed by atoms with Crippen LogP contribution in [-0.2, 0) is 0 Å². The Balaban J connectivity index is 1.62. The van der Waals surface area contributed by atoms with E-state index < -0.39 is 6.08 Å². The average Bonchev–Trinajstić information content (AvgIpc) is 2.54. The SMILES string of the molecule is CCCC[C@H]1CC[C@H](C2CCC(CCC=C(F)F)CC2)CC1. The van der Waals surface area contributed by atoms with Crippen molar-refractivity contribution >= 4 is 0 Å². The molecular formula is C20H34F2. The molecular weight excluding hydrogens is 278 g/mol. The smallest absolute Gasteiger partial charge is 0.174 e. The van der Waals surface area contributed by atoms with Gasteiger partial charge in [0.1, 0.15) is 0 Å². The van der Waals surface area contributed by atoms with E-state index in [1.54, 1.807) is 0 Å². The van der Waals surface area contributed by atoms with E-state index in [-0.39, 0.29) is 0 Å². The van der Waals surface area contributed by atoms with Crippen molar-refractivity contribution in [1.29, 1.82) is 0 Å². The first-order valence-corrected chi connectivity index (χ1v) is 9.70. The Hall–Kier alpha value is -0.400. The number of allylic oxidation sites excluding steroid dienone is 1. The summed E-state index contributed by atoms with van der Waals surface area (Å²) in [5.74, 6) is 3.63. The Labute approximate surface area is 135 Å². The minimum atomic E-state index is -1.51. The van der Waals surface area contributed by atoms with Crippen LogP contribution in [0.2, 0.25) is 0 Å². The molecule has 0 N–H and O–H groups in total. The molecule has 2 rings (SSSR count). The molecule has 0 aromatic carbocycles. The van der Waals surface area contributed by atoms with E-state index in [4.69, 9.17) is 0 Å². The zero-order valence-electron chi connectivity index (χ0n) is 14.3. The number of unbranched alkanes of at least 4 members (excludes halogenated alkanes) is 1. The third kappa shape index (κ3) is 6.01. The van der Waals surface area contributed by atoms with Gasteiger partial charge in [0.15, 0.2) is 0 Å². The van der Waals surface area contributed by atoms with E-state index >= 15 is 0 Å². The molecule has 0 spiro atoms. The highest BCUT2D eigenvalue weighted by atomic mass is 19.3. The molecule has 2 fully saturated rings. The fourth-order valence-electron chi connectivity index (χ4n) is 4.82. The monoisotopic (exact) mass is 312 g/mol. The topological polar surface area (TPSA) is 0 Å². The number of hydrogen-bond donors (Lipinski definition) is 0. The second kappa shape index (κ2) is 9.67. The zero-order valence-corrected chi connectivity index (χ0v) is 14.3. The van der Waals surface area contributed by atoms with Crippen LogP contribution in [0.1, 0.15) is 90.4 Å². The number of halogens is 2. The molecule has 0 nitrogen and oxygen atoms in total. The summed E-state index contributed by atoms with van der Waals surface area (Å²) in [7, 11) is 0.